The van der Waals surface area contributed by atoms with Gasteiger partial charge in [-0.15, -0.1) is 13.2 Å². The second-order valence-corrected chi connectivity index (χ2v) is 4.48. The van der Waals surface area contributed by atoms with Gasteiger partial charge in [-0.3, -0.25) is 0 Å². The van der Waals surface area contributed by atoms with Crippen molar-refractivity contribution < 1.29 is 27.4 Å². The molecule has 0 saturated carbocycles. The highest BCUT2D eigenvalue weighted by Gasteiger charge is 2.32. The Hall–Kier alpha value is -1.44. The van der Waals surface area contributed by atoms with Gasteiger partial charge in [0.15, 0.2) is 0 Å². The maximum atomic E-state index is 12.1. The number of rotatable bonds is 2. The van der Waals surface area contributed by atoms with Crippen molar-refractivity contribution in [2.24, 2.45) is 0 Å². The Bertz CT molecular complexity index is 478. The van der Waals surface area contributed by atoms with Crippen molar-refractivity contribution in [2.75, 3.05) is 6.61 Å². The van der Waals surface area contributed by atoms with Gasteiger partial charge in [-0.1, -0.05) is 15.9 Å². The first-order valence-electron chi connectivity index (χ1n) is 4.83. The quantitative estimate of drug-likeness (QED) is 0.908. The summed E-state index contributed by atoms with van der Waals surface area (Å²) in [6, 6.07) is 3.50. The monoisotopic (exact) mass is 325 g/mol. The average molecular weight is 326 g/mol. The highest BCUT2D eigenvalue weighted by atomic mass is 79.9. The molecule has 1 saturated heterocycles. The number of halogens is 4. The molecule has 98 valence electrons. The molecule has 0 aliphatic carbocycles. The molecule has 1 aromatic rings. The van der Waals surface area contributed by atoms with E-state index in [1.54, 1.807) is 6.07 Å². The molecule has 1 atom stereocenters. The number of alkyl carbamates (subject to hydrolysis) is 1. The van der Waals surface area contributed by atoms with Gasteiger partial charge in [0.25, 0.3) is 0 Å². The van der Waals surface area contributed by atoms with Gasteiger partial charge < -0.3 is 14.8 Å². The van der Waals surface area contributed by atoms with E-state index in [1.165, 1.54) is 12.1 Å². The number of benzene rings is 1. The number of alkyl halides is 3. The van der Waals surface area contributed by atoms with Crippen LogP contribution in [-0.4, -0.2) is 19.1 Å². The molecule has 0 bridgehead atoms. The maximum absolute atomic E-state index is 12.1. The molecule has 1 heterocycles. The molecule has 1 aliphatic rings. The Morgan fingerprint density at radius 3 is 2.67 bits per heavy atom. The van der Waals surface area contributed by atoms with Crippen molar-refractivity contribution in [2.45, 2.75) is 12.4 Å². The summed E-state index contributed by atoms with van der Waals surface area (Å²) >= 11 is 3.08. The van der Waals surface area contributed by atoms with Crippen LogP contribution in [0.1, 0.15) is 11.6 Å². The molecule has 0 spiro atoms. The first-order valence-corrected chi connectivity index (χ1v) is 5.62. The van der Waals surface area contributed by atoms with Crippen LogP contribution >= 0.6 is 15.9 Å². The number of carbonyl (C=O) groups is 1. The molecule has 1 aliphatic heterocycles. The van der Waals surface area contributed by atoms with Gasteiger partial charge in [-0.2, -0.15) is 0 Å². The molecule has 0 unspecified atom stereocenters. The van der Waals surface area contributed by atoms with Crippen LogP contribution in [-0.2, 0) is 4.74 Å². The van der Waals surface area contributed by atoms with Crippen LogP contribution in [0.15, 0.2) is 22.7 Å². The molecule has 18 heavy (non-hydrogen) atoms. The average Bonchev–Trinajstić information content (AvgIpc) is 2.61. The predicted molar refractivity (Wildman–Crippen MR) is 58.0 cm³/mol. The van der Waals surface area contributed by atoms with Gasteiger partial charge in [-0.25, -0.2) is 4.79 Å². The molecule has 1 amide bonds. The van der Waals surface area contributed by atoms with Crippen molar-refractivity contribution in [1.82, 2.24) is 5.32 Å². The molecule has 1 aromatic carbocycles. The number of nitrogens with one attached hydrogen (secondary N) is 1. The molecular weight excluding hydrogens is 319 g/mol. The Morgan fingerprint density at radius 2 is 2.11 bits per heavy atom. The maximum Gasteiger partial charge on any atom is 0.573 e. The van der Waals surface area contributed by atoms with Gasteiger partial charge in [0.1, 0.15) is 12.4 Å². The predicted octanol–water partition coefficient (Wildman–Crippen LogP) is 3.13. The molecule has 0 aromatic heterocycles. The van der Waals surface area contributed by atoms with E-state index < -0.39 is 18.5 Å². The molecule has 2 rings (SSSR count). The minimum absolute atomic E-state index is 0.0702. The summed E-state index contributed by atoms with van der Waals surface area (Å²) in [6.07, 6.45) is -5.36. The number of ether oxygens (including phenoxy) is 2. The second kappa shape index (κ2) is 4.68. The van der Waals surface area contributed by atoms with Crippen LogP contribution in [0.5, 0.6) is 5.75 Å². The molecule has 4 nitrogen and oxygen atoms in total. The van der Waals surface area contributed by atoms with E-state index in [9.17, 15) is 18.0 Å². The van der Waals surface area contributed by atoms with Gasteiger partial charge >= 0.3 is 12.5 Å². The third-order valence-electron chi connectivity index (χ3n) is 2.20. The highest BCUT2D eigenvalue weighted by molar-refractivity contribution is 9.10. The summed E-state index contributed by atoms with van der Waals surface area (Å²) in [7, 11) is 0. The Kier molecular flexibility index (Phi) is 3.38. The van der Waals surface area contributed by atoms with Crippen LogP contribution in [0, 0.1) is 0 Å². The summed E-state index contributed by atoms with van der Waals surface area (Å²) in [5, 5.41) is 2.47. The first-order chi connectivity index (χ1) is 8.33. The largest absolute Gasteiger partial charge is 0.573 e. The summed E-state index contributed by atoms with van der Waals surface area (Å²) in [5.41, 5.74) is 0.467. The lowest BCUT2D eigenvalue weighted by molar-refractivity contribution is -0.274. The lowest BCUT2D eigenvalue weighted by Crippen LogP contribution is -2.20. The lowest BCUT2D eigenvalue weighted by atomic mass is 10.1. The number of hydrogen-bond donors (Lipinski definition) is 1. The molecule has 1 N–H and O–H groups in total. The smallest absolute Gasteiger partial charge is 0.447 e. The molecule has 1 fully saturated rings. The minimum atomic E-state index is -4.76. The van der Waals surface area contributed by atoms with Gasteiger partial charge in [0.2, 0.25) is 0 Å². The normalized spacial score (nSPS) is 19.3. The van der Waals surface area contributed by atoms with Crippen molar-refractivity contribution in [1.29, 1.82) is 0 Å². The first kappa shape index (κ1) is 13.0. The summed E-state index contributed by atoms with van der Waals surface area (Å²) in [6.45, 7) is 0.0702. The fourth-order valence-corrected chi connectivity index (χ4v) is 2.03. The van der Waals surface area contributed by atoms with Crippen LogP contribution in [0.2, 0.25) is 0 Å². The highest BCUT2D eigenvalue weighted by Crippen LogP contribution is 2.30. The third kappa shape index (κ3) is 3.28. The molecule has 8 heteroatoms. The van der Waals surface area contributed by atoms with E-state index in [1.807, 2.05) is 0 Å². The third-order valence-corrected chi connectivity index (χ3v) is 2.66. The number of carbonyl (C=O) groups excluding carboxylic acids is 1. The van der Waals surface area contributed by atoms with Crippen LogP contribution in [0.4, 0.5) is 18.0 Å². The zero-order chi connectivity index (χ0) is 13.3. The Balaban J connectivity index is 2.24. The topological polar surface area (TPSA) is 47.6 Å². The number of amides is 1. The Morgan fingerprint density at radius 1 is 1.39 bits per heavy atom. The Labute approximate surface area is 108 Å². The minimum Gasteiger partial charge on any atom is -0.447 e. The van der Waals surface area contributed by atoms with Crippen molar-refractivity contribution in [3.05, 3.63) is 28.2 Å². The van der Waals surface area contributed by atoms with Gasteiger partial charge in [0.05, 0.1) is 6.04 Å². The van der Waals surface area contributed by atoms with Gasteiger partial charge in [0, 0.05) is 4.47 Å². The van der Waals surface area contributed by atoms with E-state index >= 15 is 0 Å². The zero-order valence-electron chi connectivity index (χ0n) is 8.75. The van der Waals surface area contributed by atoms with Gasteiger partial charge in [-0.05, 0) is 23.8 Å². The van der Waals surface area contributed by atoms with E-state index in [-0.39, 0.29) is 12.4 Å². The van der Waals surface area contributed by atoms with Crippen LogP contribution in [0.25, 0.3) is 0 Å². The van der Waals surface area contributed by atoms with Crippen LogP contribution < -0.4 is 10.1 Å². The fraction of sp³-hybridized carbons (Fsp3) is 0.300. The van der Waals surface area contributed by atoms with E-state index in [4.69, 9.17) is 0 Å². The van der Waals surface area contributed by atoms with E-state index in [2.05, 4.69) is 30.7 Å². The van der Waals surface area contributed by atoms with Crippen molar-refractivity contribution in [3.63, 3.8) is 0 Å². The summed E-state index contributed by atoms with van der Waals surface area (Å²) in [4.78, 5) is 10.9. The zero-order valence-corrected chi connectivity index (χ0v) is 10.3. The van der Waals surface area contributed by atoms with E-state index in [0.29, 0.717) is 10.0 Å². The summed E-state index contributed by atoms with van der Waals surface area (Å²) < 4.78 is 45.3. The van der Waals surface area contributed by atoms with Crippen LogP contribution in [0.3, 0.4) is 0 Å². The second-order valence-electron chi connectivity index (χ2n) is 3.56. The number of hydrogen-bond acceptors (Lipinski definition) is 3. The molecule has 0 radical (unpaired) electrons. The molecular formula is C10H7BrF3NO3. The SMILES string of the molecule is O=C1N[C@H](c2cc(Br)cc(OC(F)(F)F)c2)CO1. The fourth-order valence-electron chi connectivity index (χ4n) is 1.54. The standard InChI is InChI=1S/C10H7BrF3NO3/c11-6-1-5(8-4-17-9(16)15-8)2-7(3-6)18-10(12,13)14/h1-3,8H,4H2,(H,15,16)/t8-/m0/s1. The van der Waals surface area contributed by atoms with Crippen molar-refractivity contribution >= 4 is 22.0 Å². The summed E-state index contributed by atoms with van der Waals surface area (Å²) in [5.74, 6) is -0.354. The number of cyclic esters (lactones) is 1. The van der Waals surface area contributed by atoms with Crippen molar-refractivity contribution in [3.8, 4) is 5.75 Å². The lowest BCUT2D eigenvalue weighted by Gasteiger charge is -2.13. The van der Waals surface area contributed by atoms with E-state index in [0.717, 1.165) is 0 Å².